The maximum Gasteiger partial charge on any atom is 0.243 e. The molecule has 1 atom stereocenters. The molecule has 0 spiro atoms. The first-order valence-corrected chi connectivity index (χ1v) is 12.4. The normalized spacial score (nSPS) is 18.3. The Morgan fingerprint density at radius 3 is 2.45 bits per heavy atom. The van der Waals surface area contributed by atoms with Crippen molar-refractivity contribution in [2.75, 3.05) is 24.7 Å². The zero-order valence-electron chi connectivity index (χ0n) is 16.2. The van der Waals surface area contributed by atoms with Crippen molar-refractivity contribution >= 4 is 31.5 Å². The van der Waals surface area contributed by atoms with E-state index in [0.717, 1.165) is 6.26 Å². The number of amides is 1. The van der Waals surface area contributed by atoms with Crippen LogP contribution in [-0.4, -0.2) is 51.4 Å². The highest BCUT2D eigenvalue weighted by atomic mass is 32.2. The van der Waals surface area contributed by atoms with Crippen molar-refractivity contribution in [3.05, 3.63) is 48.3 Å². The summed E-state index contributed by atoms with van der Waals surface area (Å²) in [7, 11) is -7.22. The largest absolute Gasteiger partial charge is 0.326 e. The standard InChI is InChI=1S/C19H23N3O5S2/c1-14(23)21-16-7-9-17(10-8-16)29(26,27)22-12-4-5-15(13-22)19-18(28(2,24)25)6-3-11-20-19/h3,6-11,15H,4-5,12-13H2,1-2H3,(H,21,23)/t15-/m0/s1. The van der Waals surface area contributed by atoms with E-state index in [2.05, 4.69) is 10.3 Å². The van der Waals surface area contributed by atoms with E-state index in [1.165, 1.54) is 47.8 Å². The Morgan fingerprint density at radius 1 is 1.14 bits per heavy atom. The molecule has 1 aromatic heterocycles. The summed E-state index contributed by atoms with van der Waals surface area (Å²) in [6.07, 6.45) is 3.92. The van der Waals surface area contributed by atoms with Gasteiger partial charge in [-0.1, -0.05) is 0 Å². The Hall–Kier alpha value is -2.30. The fraction of sp³-hybridized carbons (Fsp3) is 0.368. The molecule has 1 aromatic carbocycles. The lowest BCUT2D eigenvalue weighted by Gasteiger charge is -2.32. The number of carbonyl (C=O) groups is 1. The maximum atomic E-state index is 13.1. The summed E-state index contributed by atoms with van der Waals surface area (Å²) in [6.45, 7) is 1.89. The molecule has 1 saturated heterocycles. The molecule has 0 unspecified atom stereocenters. The molecule has 0 radical (unpaired) electrons. The fourth-order valence-corrected chi connectivity index (χ4v) is 5.92. The van der Waals surface area contributed by atoms with Gasteiger partial charge in [0.15, 0.2) is 9.84 Å². The van der Waals surface area contributed by atoms with Crippen molar-refractivity contribution in [3.63, 3.8) is 0 Å². The molecule has 1 N–H and O–H groups in total. The minimum atomic E-state index is -3.75. The Morgan fingerprint density at radius 2 is 1.83 bits per heavy atom. The van der Waals surface area contributed by atoms with Gasteiger partial charge in [0, 0.05) is 44.1 Å². The average Bonchev–Trinajstić information content (AvgIpc) is 2.67. The number of aromatic nitrogens is 1. The minimum absolute atomic E-state index is 0.122. The van der Waals surface area contributed by atoms with Gasteiger partial charge in [0.1, 0.15) is 0 Å². The van der Waals surface area contributed by atoms with Crippen LogP contribution in [0.25, 0.3) is 0 Å². The molecule has 0 saturated carbocycles. The molecule has 29 heavy (non-hydrogen) atoms. The number of pyridine rings is 1. The first-order chi connectivity index (χ1) is 13.6. The zero-order chi connectivity index (χ0) is 21.2. The Labute approximate surface area is 170 Å². The van der Waals surface area contributed by atoms with Gasteiger partial charge in [0.05, 0.1) is 15.5 Å². The van der Waals surface area contributed by atoms with Crippen LogP contribution in [-0.2, 0) is 24.7 Å². The van der Waals surface area contributed by atoms with E-state index >= 15 is 0 Å². The Balaban J connectivity index is 1.86. The molecule has 0 aliphatic carbocycles. The molecule has 8 nitrogen and oxygen atoms in total. The number of sulfonamides is 1. The molecule has 3 rings (SSSR count). The quantitative estimate of drug-likeness (QED) is 0.765. The lowest BCUT2D eigenvalue weighted by molar-refractivity contribution is -0.114. The Kier molecular flexibility index (Phi) is 6.06. The number of benzene rings is 1. The third kappa shape index (κ3) is 4.82. The van der Waals surface area contributed by atoms with Gasteiger partial charge in [0.25, 0.3) is 0 Å². The number of piperidine rings is 1. The van der Waals surface area contributed by atoms with E-state index in [1.807, 2.05) is 0 Å². The Bertz CT molecular complexity index is 1110. The molecule has 1 fully saturated rings. The summed E-state index contributed by atoms with van der Waals surface area (Å²) in [6, 6.07) is 9.05. The highest BCUT2D eigenvalue weighted by Crippen LogP contribution is 2.32. The summed E-state index contributed by atoms with van der Waals surface area (Å²) in [5.41, 5.74) is 0.926. The molecule has 10 heteroatoms. The van der Waals surface area contributed by atoms with Gasteiger partial charge in [-0.3, -0.25) is 9.78 Å². The lowest BCUT2D eigenvalue weighted by Crippen LogP contribution is -2.39. The number of hydrogen-bond acceptors (Lipinski definition) is 6. The van der Waals surface area contributed by atoms with Gasteiger partial charge in [-0.2, -0.15) is 4.31 Å². The SMILES string of the molecule is CC(=O)Nc1ccc(S(=O)(=O)N2CCC[C@H](c3ncccc3S(C)(=O)=O)C2)cc1. The van der Waals surface area contributed by atoms with Crippen molar-refractivity contribution in [1.82, 2.24) is 9.29 Å². The second kappa shape index (κ2) is 8.21. The number of nitrogens with one attached hydrogen (secondary N) is 1. The van der Waals surface area contributed by atoms with Crippen LogP contribution in [0.4, 0.5) is 5.69 Å². The van der Waals surface area contributed by atoms with Crippen LogP contribution in [0.2, 0.25) is 0 Å². The van der Waals surface area contributed by atoms with Crippen molar-refractivity contribution in [1.29, 1.82) is 0 Å². The molecule has 1 aliphatic rings. The average molecular weight is 438 g/mol. The van der Waals surface area contributed by atoms with Gasteiger partial charge >= 0.3 is 0 Å². The second-order valence-electron chi connectivity index (χ2n) is 7.07. The number of rotatable bonds is 5. The van der Waals surface area contributed by atoms with E-state index < -0.39 is 19.9 Å². The number of sulfone groups is 1. The zero-order valence-corrected chi connectivity index (χ0v) is 17.8. The maximum absolute atomic E-state index is 13.1. The molecule has 2 aromatic rings. The topological polar surface area (TPSA) is 114 Å². The first kappa shape index (κ1) is 21.4. The molecule has 1 aliphatic heterocycles. The van der Waals surface area contributed by atoms with Gasteiger partial charge in [0.2, 0.25) is 15.9 Å². The summed E-state index contributed by atoms with van der Waals surface area (Å²) >= 11 is 0. The smallest absolute Gasteiger partial charge is 0.243 e. The third-order valence-corrected chi connectivity index (χ3v) is 7.81. The van der Waals surface area contributed by atoms with Crippen molar-refractivity contribution in [2.45, 2.75) is 35.5 Å². The highest BCUT2D eigenvalue weighted by molar-refractivity contribution is 7.90. The molecular weight excluding hydrogens is 414 g/mol. The summed E-state index contributed by atoms with van der Waals surface area (Å²) in [4.78, 5) is 15.6. The first-order valence-electron chi connectivity index (χ1n) is 9.12. The third-order valence-electron chi connectivity index (χ3n) is 4.78. The van der Waals surface area contributed by atoms with Crippen LogP contribution in [0, 0.1) is 0 Å². The second-order valence-corrected chi connectivity index (χ2v) is 11.0. The summed E-state index contributed by atoms with van der Waals surface area (Å²) < 4.78 is 51.7. The number of carbonyl (C=O) groups excluding carboxylic acids is 1. The molecule has 156 valence electrons. The summed E-state index contributed by atoms with van der Waals surface area (Å²) in [5, 5.41) is 2.60. The monoisotopic (exact) mass is 437 g/mol. The van der Waals surface area contributed by atoms with Crippen LogP contribution in [0.15, 0.2) is 52.4 Å². The minimum Gasteiger partial charge on any atom is -0.326 e. The molecule has 1 amide bonds. The highest BCUT2D eigenvalue weighted by Gasteiger charge is 2.33. The van der Waals surface area contributed by atoms with Crippen LogP contribution in [0.5, 0.6) is 0 Å². The van der Waals surface area contributed by atoms with Crippen LogP contribution >= 0.6 is 0 Å². The fourth-order valence-electron chi connectivity index (χ4n) is 3.47. The van der Waals surface area contributed by atoms with Crippen molar-refractivity contribution < 1.29 is 21.6 Å². The lowest BCUT2D eigenvalue weighted by atomic mass is 9.95. The van der Waals surface area contributed by atoms with Gasteiger partial charge < -0.3 is 5.32 Å². The van der Waals surface area contributed by atoms with Gasteiger partial charge in [-0.25, -0.2) is 16.8 Å². The number of hydrogen-bond donors (Lipinski definition) is 1. The van der Waals surface area contributed by atoms with E-state index in [-0.39, 0.29) is 28.2 Å². The van der Waals surface area contributed by atoms with E-state index in [9.17, 15) is 21.6 Å². The summed E-state index contributed by atoms with van der Waals surface area (Å²) in [5.74, 6) is -0.542. The predicted molar refractivity (Wildman–Crippen MR) is 109 cm³/mol. The van der Waals surface area contributed by atoms with E-state index in [0.29, 0.717) is 30.8 Å². The van der Waals surface area contributed by atoms with E-state index in [1.54, 1.807) is 6.07 Å². The molecule has 2 heterocycles. The van der Waals surface area contributed by atoms with Crippen molar-refractivity contribution in [2.24, 2.45) is 0 Å². The van der Waals surface area contributed by atoms with Gasteiger partial charge in [-0.05, 0) is 49.2 Å². The van der Waals surface area contributed by atoms with Crippen LogP contribution in [0.1, 0.15) is 31.4 Å². The molecular formula is C19H23N3O5S2. The van der Waals surface area contributed by atoms with Crippen molar-refractivity contribution in [3.8, 4) is 0 Å². The van der Waals surface area contributed by atoms with Gasteiger partial charge in [-0.15, -0.1) is 0 Å². The molecule has 0 bridgehead atoms. The van der Waals surface area contributed by atoms with E-state index in [4.69, 9.17) is 0 Å². The van der Waals surface area contributed by atoms with Crippen LogP contribution in [0.3, 0.4) is 0 Å². The number of anilines is 1. The predicted octanol–water partition coefficient (Wildman–Crippen LogP) is 2.01. The van der Waals surface area contributed by atoms with Crippen LogP contribution < -0.4 is 5.32 Å². The number of nitrogens with zero attached hydrogens (tertiary/aromatic N) is 2.